The van der Waals surface area contributed by atoms with Crippen LogP contribution in [-0.2, 0) is 23.2 Å². The first-order chi connectivity index (χ1) is 13.7. The highest BCUT2D eigenvalue weighted by molar-refractivity contribution is 7.81. The number of H-pyrrole nitrogens is 1. The lowest BCUT2D eigenvalue weighted by atomic mass is 10.1. The second kappa shape index (κ2) is 15.9. The fraction of sp³-hybridized carbons (Fsp3) is 0.619. The SMILES string of the molecule is C.CC.CN(CCc1c[nH]c2cc(CS(=O)N3CCCCC3)ccc12)PO.CO. The maximum atomic E-state index is 12.5. The zero-order valence-corrected chi connectivity index (χ0v) is 19.4. The molecule has 29 heavy (non-hydrogen) atoms. The number of benzene rings is 1. The molecule has 168 valence electrons. The van der Waals surface area contributed by atoms with Crippen LogP contribution < -0.4 is 0 Å². The number of aliphatic hydroxyl groups excluding tert-OH is 1. The van der Waals surface area contributed by atoms with Crippen molar-refractivity contribution in [2.75, 3.05) is 33.8 Å². The van der Waals surface area contributed by atoms with Crippen molar-refractivity contribution >= 4 is 30.8 Å². The van der Waals surface area contributed by atoms with Gasteiger partial charge in [0.2, 0.25) is 0 Å². The molecule has 6 nitrogen and oxygen atoms in total. The van der Waals surface area contributed by atoms with E-state index in [1.807, 2.05) is 31.8 Å². The molecule has 2 aromatic rings. The summed E-state index contributed by atoms with van der Waals surface area (Å²) in [6.07, 6.45) is 6.53. The molecule has 2 atom stereocenters. The lowest BCUT2D eigenvalue weighted by molar-refractivity contribution is 0.365. The van der Waals surface area contributed by atoms with Gasteiger partial charge >= 0.3 is 0 Å². The summed E-state index contributed by atoms with van der Waals surface area (Å²) in [6, 6.07) is 6.35. The van der Waals surface area contributed by atoms with E-state index in [1.54, 1.807) is 0 Å². The summed E-state index contributed by atoms with van der Waals surface area (Å²) in [5.41, 5.74) is 3.49. The monoisotopic (exact) mass is 445 g/mol. The van der Waals surface area contributed by atoms with Crippen molar-refractivity contribution in [1.82, 2.24) is 14.0 Å². The molecule has 0 bridgehead atoms. The van der Waals surface area contributed by atoms with Gasteiger partial charge in [-0.25, -0.2) is 8.51 Å². The normalized spacial score (nSPS) is 15.4. The Kier molecular flexibility index (Phi) is 15.5. The van der Waals surface area contributed by atoms with Gasteiger partial charge in [0.15, 0.2) is 0 Å². The standard InChI is InChI=1S/C17H26N3O2PS.C2H6.CH4O.CH4/c1-19(23-21)10-7-15-12-18-17-11-14(5-6-16(15)17)13-24(22)20-8-3-2-4-9-20;2*1-2;/h5-6,11-12,18,21,23H,2-4,7-10,13H2,1H3;1-2H3;2H,1H3;1H4. The number of aromatic amines is 1. The van der Waals surface area contributed by atoms with Gasteiger partial charge in [-0.05, 0) is 43.5 Å². The molecule has 1 aliphatic heterocycles. The molecule has 0 aliphatic carbocycles. The van der Waals surface area contributed by atoms with Gasteiger partial charge in [-0.15, -0.1) is 0 Å². The van der Waals surface area contributed by atoms with Crippen LogP contribution in [0.2, 0.25) is 0 Å². The third kappa shape index (κ3) is 8.83. The maximum Gasteiger partial charge on any atom is 0.0987 e. The van der Waals surface area contributed by atoms with Crippen molar-refractivity contribution in [3.63, 3.8) is 0 Å². The Balaban J connectivity index is 0.00000148. The third-order valence-electron chi connectivity index (χ3n) is 4.61. The highest BCUT2D eigenvalue weighted by Crippen LogP contribution is 2.23. The van der Waals surface area contributed by atoms with Gasteiger partial charge in [0.05, 0.1) is 25.7 Å². The Bertz CT molecular complexity index is 706. The number of fused-ring (bicyclic) bond motifs is 1. The number of nitrogens with zero attached hydrogens (tertiary/aromatic N) is 2. The Morgan fingerprint density at radius 3 is 2.48 bits per heavy atom. The van der Waals surface area contributed by atoms with Gasteiger partial charge in [-0.1, -0.05) is 39.8 Å². The molecule has 1 aromatic heterocycles. The third-order valence-corrected chi connectivity index (χ3v) is 6.70. The molecule has 3 N–H and O–H groups in total. The minimum absolute atomic E-state index is 0. The molecule has 3 rings (SSSR count). The van der Waals surface area contributed by atoms with Gasteiger partial charge < -0.3 is 15.0 Å². The summed E-state index contributed by atoms with van der Waals surface area (Å²) in [4.78, 5) is 12.4. The van der Waals surface area contributed by atoms with E-state index in [4.69, 9.17) is 10.00 Å². The van der Waals surface area contributed by atoms with E-state index in [0.29, 0.717) is 5.75 Å². The van der Waals surface area contributed by atoms with Gasteiger partial charge in [0, 0.05) is 43.8 Å². The lowest BCUT2D eigenvalue weighted by Crippen LogP contribution is -2.32. The van der Waals surface area contributed by atoms with Crippen LogP contribution in [-0.4, -0.2) is 62.0 Å². The van der Waals surface area contributed by atoms with Crippen LogP contribution in [0.1, 0.15) is 51.7 Å². The molecular formula is C21H40N3O3PS. The van der Waals surface area contributed by atoms with Gasteiger partial charge in [0.1, 0.15) is 0 Å². The predicted molar refractivity (Wildman–Crippen MR) is 129 cm³/mol. The van der Waals surface area contributed by atoms with Gasteiger partial charge in [0.25, 0.3) is 0 Å². The summed E-state index contributed by atoms with van der Waals surface area (Å²) in [7, 11) is 1.85. The summed E-state index contributed by atoms with van der Waals surface area (Å²) in [6.45, 7) is 6.75. The van der Waals surface area contributed by atoms with Crippen molar-refractivity contribution in [3.8, 4) is 0 Å². The molecule has 1 fully saturated rings. The molecular weight excluding hydrogens is 405 g/mol. The number of nitrogens with one attached hydrogen (secondary N) is 1. The minimum Gasteiger partial charge on any atom is -0.400 e. The number of piperidine rings is 1. The van der Waals surface area contributed by atoms with Crippen LogP contribution in [0.15, 0.2) is 24.4 Å². The van der Waals surface area contributed by atoms with Crippen molar-refractivity contribution in [3.05, 3.63) is 35.5 Å². The van der Waals surface area contributed by atoms with Crippen molar-refractivity contribution in [2.45, 2.75) is 52.7 Å². The van der Waals surface area contributed by atoms with Crippen LogP contribution in [0.5, 0.6) is 0 Å². The van der Waals surface area contributed by atoms with E-state index < -0.39 is 11.0 Å². The number of aromatic nitrogens is 1. The summed E-state index contributed by atoms with van der Waals surface area (Å²) >= 11 is 0. The molecule has 2 heterocycles. The second-order valence-corrected chi connectivity index (χ2v) is 8.83. The van der Waals surface area contributed by atoms with E-state index >= 15 is 0 Å². The molecule has 1 aromatic carbocycles. The number of aliphatic hydroxyl groups is 1. The summed E-state index contributed by atoms with van der Waals surface area (Å²) in [5.74, 6) is 0.596. The largest absolute Gasteiger partial charge is 0.400 e. The number of hydrogen-bond acceptors (Lipinski definition) is 4. The van der Waals surface area contributed by atoms with Crippen LogP contribution in [0.25, 0.3) is 10.9 Å². The Labute approximate surface area is 181 Å². The van der Waals surface area contributed by atoms with Crippen molar-refractivity contribution in [1.29, 1.82) is 0 Å². The number of likely N-dealkylation sites (N-methyl/N-ethyl adjacent to an activating group) is 1. The first kappa shape index (κ1) is 28.2. The zero-order chi connectivity index (χ0) is 20.9. The predicted octanol–water partition coefficient (Wildman–Crippen LogP) is 4.06. The quantitative estimate of drug-likeness (QED) is 0.562. The maximum absolute atomic E-state index is 12.5. The minimum atomic E-state index is -0.918. The molecule has 1 saturated heterocycles. The van der Waals surface area contributed by atoms with E-state index in [0.717, 1.165) is 57.1 Å². The first-order valence-electron chi connectivity index (χ1n) is 9.95. The average Bonchev–Trinajstić information content (AvgIpc) is 3.17. The zero-order valence-electron chi connectivity index (χ0n) is 17.6. The molecule has 0 amide bonds. The first-order valence-corrected chi connectivity index (χ1v) is 12.1. The topological polar surface area (TPSA) is 79.8 Å². The van der Waals surface area contributed by atoms with E-state index in [9.17, 15) is 4.21 Å². The smallest absolute Gasteiger partial charge is 0.0987 e. The lowest BCUT2D eigenvalue weighted by Gasteiger charge is -2.25. The van der Waals surface area contributed by atoms with E-state index in [-0.39, 0.29) is 16.4 Å². The van der Waals surface area contributed by atoms with E-state index in [2.05, 4.69) is 27.5 Å². The van der Waals surface area contributed by atoms with Crippen molar-refractivity contribution in [2.24, 2.45) is 0 Å². The molecule has 0 saturated carbocycles. The fourth-order valence-corrected chi connectivity index (χ4v) is 4.70. The van der Waals surface area contributed by atoms with E-state index in [1.165, 1.54) is 17.4 Å². The van der Waals surface area contributed by atoms with Crippen LogP contribution in [0.3, 0.4) is 0 Å². The van der Waals surface area contributed by atoms with Gasteiger partial charge in [-0.3, -0.25) is 4.67 Å². The molecule has 2 unspecified atom stereocenters. The number of rotatable bonds is 7. The summed E-state index contributed by atoms with van der Waals surface area (Å²) in [5, 5.41) is 8.22. The summed E-state index contributed by atoms with van der Waals surface area (Å²) < 4.78 is 16.5. The molecule has 0 spiro atoms. The Morgan fingerprint density at radius 2 is 1.86 bits per heavy atom. The highest BCUT2D eigenvalue weighted by atomic mass is 32.2. The van der Waals surface area contributed by atoms with Crippen LogP contribution in [0, 0.1) is 0 Å². The molecule has 1 aliphatic rings. The van der Waals surface area contributed by atoms with Crippen molar-refractivity contribution < 1.29 is 14.2 Å². The second-order valence-electron chi connectivity index (χ2n) is 6.42. The molecule has 0 radical (unpaired) electrons. The fourth-order valence-electron chi connectivity index (χ4n) is 3.17. The Hall–Kier alpha value is -0.820. The van der Waals surface area contributed by atoms with Crippen LogP contribution in [0.4, 0.5) is 0 Å². The molecule has 8 heteroatoms. The average molecular weight is 446 g/mol. The number of hydrogen-bond donors (Lipinski definition) is 3. The highest BCUT2D eigenvalue weighted by Gasteiger charge is 2.17. The Morgan fingerprint density at radius 1 is 1.21 bits per heavy atom. The van der Waals surface area contributed by atoms with Gasteiger partial charge in [-0.2, -0.15) is 0 Å². The van der Waals surface area contributed by atoms with Crippen LogP contribution >= 0.6 is 8.96 Å².